The maximum Gasteiger partial charge on any atom is 0.419 e. The van der Waals surface area contributed by atoms with E-state index < -0.39 is 23.4 Å². The van der Waals surface area contributed by atoms with E-state index in [1.165, 1.54) is 38.1 Å². The number of aliphatic hydroxyl groups excluding tert-OH is 1. The van der Waals surface area contributed by atoms with Crippen LogP contribution in [0.25, 0.3) is 0 Å². The van der Waals surface area contributed by atoms with Crippen molar-refractivity contribution in [3.8, 4) is 11.5 Å². The van der Waals surface area contributed by atoms with Crippen LogP contribution >= 0.6 is 0 Å². The lowest BCUT2D eigenvalue weighted by Gasteiger charge is -2.17. The third-order valence-electron chi connectivity index (χ3n) is 5.00. The van der Waals surface area contributed by atoms with Crippen molar-refractivity contribution in [2.24, 2.45) is 0 Å². The highest BCUT2D eigenvalue weighted by Crippen LogP contribution is 2.39. The molecule has 1 fully saturated rings. The molecule has 1 aliphatic rings. The number of rotatable bonds is 7. The molecule has 1 unspecified atom stereocenters. The largest absolute Gasteiger partial charge is 0.457 e. The first-order valence-corrected chi connectivity index (χ1v) is 9.73. The molecule has 3 rings (SSSR count). The first-order valence-electron chi connectivity index (χ1n) is 9.73. The number of amides is 2. The minimum Gasteiger partial charge on any atom is -0.457 e. The Morgan fingerprint density at radius 2 is 1.81 bits per heavy atom. The van der Waals surface area contributed by atoms with E-state index >= 15 is 0 Å². The Hall–Kier alpha value is -3.07. The SMILES string of the molecule is CC(=O)NC1(C(=O)NCc2ccc(Oc3ccc(C(C)O)cc3C(F)(F)F)cc2)CC1. The summed E-state index contributed by atoms with van der Waals surface area (Å²) in [6, 6.07) is 9.69. The lowest BCUT2D eigenvalue weighted by molar-refractivity contribution is -0.138. The maximum absolute atomic E-state index is 13.4. The monoisotopic (exact) mass is 436 g/mol. The molecule has 31 heavy (non-hydrogen) atoms. The van der Waals surface area contributed by atoms with Crippen LogP contribution in [0.4, 0.5) is 13.2 Å². The van der Waals surface area contributed by atoms with Gasteiger partial charge in [0.1, 0.15) is 17.0 Å². The van der Waals surface area contributed by atoms with Gasteiger partial charge in [-0.3, -0.25) is 9.59 Å². The van der Waals surface area contributed by atoms with Gasteiger partial charge in [-0.1, -0.05) is 18.2 Å². The number of aliphatic hydroxyl groups is 1. The lowest BCUT2D eigenvalue weighted by atomic mass is 10.1. The molecule has 6 nitrogen and oxygen atoms in total. The van der Waals surface area contributed by atoms with E-state index in [2.05, 4.69) is 10.6 Å². The number of alkyl halides is 3. The Morgan fingerprint density at radius 1 is 1.16 bits per heavy atom. The van der Waals surface area contributed by atoms with Crippen molar-refractivity contribution in [2.75, 3.05) is 0 Å². The van der Waals surface area contributed by atoms with Gasteiger partial charge in [-0.25, -0.2) is 0 Å². The Labute approximate surface area is 177 Å². The summed E-state index contributed by atoms with van der Waals surface area (Å²) in [6.07, 6.45) is -4.51. The number of carbonyl (C=O) groups is 2. The molecule has 1 atom stereocenters. The van der Waals surface area contributed by atoms with Gasteiger partial charge in [-0.2, -0.15) is 13.2 Å². The van der Waals surface area contributed by atoms with E-state index in [9.17, 15) is 27.9 Å². The molecule has 3 N–H and O–H groups in total. The quantitative estimate of drug-likeness (QED) is 0.616. The number of benzene rings is 2. The second-order valence-electron chi connectivity index (χ2n) is 7.62. The van der Waals surface area contributed by atoms with Crippen LogP contribution in [0.2, 0.25) is 0 Å². The van der Waals surface area contributed by atoms with Crippen molar-refractivity contribution in [1.29, 1.82) is 0 Å². The summed E-state index contributed by atoms with van der Waals surface area (Å²) in [5.74, 6) is -0.712. The third kappa shape index (κ3) is 5.55. The van der Waals surface area contributed by atoms with E-state index in [1.807, 2.05) is 0 Å². The fraction of sp³-hybridized carbons (Fsp3) is 0.364. The van der Waals surface area contributed by atoms with E-state index in [-0.39, 0.29) is 35.4 Å². The molecule has 0 saturated heterocycles. The van der Waals surface area contributed by atoms with Crippen LogP contribution in [0.3, 0.4) is 0 Å². The molecule has 2 aromatic carbocycles. The van der Waals surface area contributed by atoms with Crippen molar-refractivity contribution in [3.05, 3.63) is 59.2 Å². The summed E-state index contributed by atoms with van der Waals surface area (Å²) >= 11 is 0. The minimum atomic E-state index is -4.64. The van der Waals surface area contributed by atoms with Crippen LogP contribution in [-0.2, 0) is 22.3 Å². The average molecular weight is 436 g/mol. The fourth-order valence-corrected chi connectivity index (χ4v) is 3.14. The molecule has 0 aromatic heterocycles. The van der Waals surface area contributed by atoms with Gasteiger partial charge in [0.25, 0.3) is 0 Å². The molecule has 166 valence electrons. The first-order chi connectivity index (χ1) is 14.5. The van der Waals surface area contributed by atoms with Gasteiger partial charge in [0.15, 0.2) is 0 Å². The van der Waals surface area contributed by atoms with Gasteiger partial charge >= 0.3 is 6.18 Å². The zero-order chi connectivity index (χ0) is 22.8. The van der Waals surface area contributed by atoms with E-state index in [0.717, 1.165) is 11.6 Å². The molecule has 1 aliphatic carbocycles. The van der Waals surface area contributed by atoms with Gasteiger partial charge < -0.3 is 20.5 Å². The van der Waals surface area contributed by atoms with Crippen LogP contribution < -0.4 is 15.4 Å². The summed E-state index contributed by atoms with van der Waals surface area (Å²) in [4.78, 5) is 23.5. The van der Waals surface area contributed by atoms with Crippen LogP contribution in [0.5, 0.6) is 11.5 Å². The summed E-state index contributed by atoms with van der Waals surface area (Å²) < 4.78 is 45.6. The molecule has 0 spiro atoms. The number of hydrogen-bond acceptors (Lipinski definition) is 4. The summed E-state index contributed by atoms with van der Waals surface area (Å²) in [6.45, 7) is 2.94. The molecular weight excluding hydrogens is 413 g/mol. The van der Waals surface area contributed by atoms with Crippen molar-refractivity contribution in [1.82, 2.24) is 10.6 Å². The highest BCUT2D eigenvalue weighted by atomic mass is 19.4. The second kappa shape index (κ2) is 8.58. The van der Waals surface area contributed by atoms with Crippen LogP contribution in [0.1, 0.15) is 49.5 Å². The predicted octanol–water partition coefficient (Wildman–Crippen LogP) is 3.84. The van der Waals surface area contributed by atoms with Gasteiger partial charge in [-0.05, 0) is 55.2 Å². The van der Waals surface area contributed by atoms with E-state index in [0.29, 0.717) is 12.8 Å². The van der Waals surface area contributed by atoms with Crippen molar-refractivity contribution < 1.29 is 32.6 Å². The zero-order valence-corrected chi connectivity index (χ0v) is 17.0. The molecule has 2 amide bonds. The standard InChI is InChI=1S/C22H23F3N2O4/c1-13(28)16-5-8-19(18(11-16)22(23,24)25)31-17-6-3-15(4-7-17)12-26-20(30)21(9-10-21)27-14(2)29/h3-8,11,13,28H,9-10,12H2,1-2H3,(H,26,30)(H,27,29). The molecular formula is C22H23F3N2O4. The van der Waals surface area contributed by atoms with Crippen LogP contribution in [-0.4, -0.2) is 22.5 Å². The average Bonchev–Trinajstić information content (AvgIpc) is 3.46. The molecule has 2 aromatic rings. The summed E-state index contributed by atoms with van der Waals surface area (Å²) in [5.41, 5.74) is -0.950. The topological polar surface area (TPSA) is 87.7 Å². The number of ether oxygens (including phenoxy) is 1. The van der Waals surface area contributed by atoms with Gasteiger partial charge in [0, 0.05) is 13.5 Å². The van der Waals surface area contributed by atoms with Gasteiger partial charge in [0.2, 0.25) is 11.8 Å². The van der Waals surface area contributed by atoms with E-state index in [4.69, 9.17) is 4.74 Å². The van der Waals surface area contributed by atoms with Gasteiger partial charge in [0.05, 0.1) is 11.7 Å². The minimum absolute atomic E-state index is 0.137. The van der Waals surface area contributed by atoms with Gasteiger partial charge in [-0.15, -0.1) is 0 Å². The fourth-order valence-electron chi connectivity index (χ4n) is 3.14. The number of nitrogens with one attached hydrogen (secondary N) is 2. The molecule has 1 saturated carbocycles. The van der Waals surface area contributed by atoms with Crippen molar-refractivity contribution >= 4 is 11.8 Å². The second-order valence-corrected chi connectivity index (χ2v) is 7.62. The lowest BCUT2D eigenvalue weighted by Crippen LogP contribution is -2.48. The van der Waals surface area contributed by atoms with Crippen LogP contribution in [0, 0.1) is 0 Å². The Morgan fingerprint density at radius 3 is 2.32 bits per heavy atom. The Balaban J connectivity index is 1.66. The molecule has 9 heteroatoms. The number of carbonyl (C=O) groups excluding carboxylic acids is 2. The van der Waals surface area contributed by atoms with Crippen molar-refractivity contribution in [2.45, 2.75) is 51.1 Å². The normalized spacial score (nSPS) is 15.7. The molecule has 0 radical (unpaired) electrons. The number of hydrogen-bond donors (Lipinski definition) is 3. The Kier molecular flexibility index (Phi) is 6.26. The van der Waals surface area contributed by atoms with Crippen molar-refractivity contribution in [3.63, 3.8) is 0 Å². The summed E-state index contributed by atoms with van der Waals surface area (Å²) in [5, 5.41) is 15.0. The number of halogens is 3. The molecule has 0 heterocycles. The molecule has 0 bridgehead atoms. The van der Waals surface area contributed by atoms with Crippen LogP contribution in [0.15, 0.2) is 42.5 Å². The zero-order valence-electron chi connectivity index (χ0n) is 17.0. The smallest absolute Gasteiger partial charge is 0.419 e. The maximum atomic E-state index is 13.4. The predicted molar refractivity (Wildman–Crippen MR) is 106 cm³/mol. The molecule has 0 aliphatic heterocycles. The van der Waals surface area contributed by atoms with E-state index in [1.54, 1.807) is 12.1 Å². The summed E-state index contributed by atoms with van der Waals surface area (Å²) in [7, 11) is 0. The highest BCUT2D eigenvalue weighted by Gasteiger charge is 2.50. The Bertz CT molecular complexity index is 968. The highest BCUT2D eigenvalue weighted by molar-refractivity contribution is 5.93. The third-order valence-corrected chi connectivity index (χ3v) is 5.00. The first kappa shape index (κ1) is 22.6.